The summed E-state index contributed by atoms with van der Waals surface area (Å²) in [6, 6.07) is 22.3. The van der Waals surface area contributed by atoms with Crippen LogP contribution < -0.4 is 5.32 Å². The summed E-state index contributed by atoms with van der Waals surface area (Å²) in [4.78, 5) is 52.9. The Balaban J connectivity index is 1.44. The monoisotopic (exact) mass is 441 g/mol. The molecule has 1 aliphatic rings. The first-order valence-corrected chi connectivity index (χ1v) is 10.5. The maximum absolute atomic E-state index is 12.9. The average molecular weight is 441 g/mol. The minimum absolute atomic E-state index is 0.226. The number of hydrogen-bond donors (Lipinski definition) is 1. The van der Waals surface area contributed by atoms with E-state index >= 15 is 0 Å². The first-order chi connectivity index (χ1) is 15.9. The van der Waals surface area contributed by atoms with Crippen molar-refractivity contribution in [3.8, 4) is 0 Å². The summed E-state index contributed by atoms with van der Waals surface area (Å²) >= 11 is 0. The van der Waals surface area contributed by atoms with Crippen LogP contribution in [0.15, 0.2) is 78.9 Å². The Bertz CT molecular complexity index is 1200. The molecule has 166 valence electrons. The Morgan fingerprint density at radius 1 is 0.879 bits per heavy atom. The molecule has 4 rings (SSSR count). The van der Waals surface area contributed by atoms with Crippen molar-refractivity contribution in [1.82, 2.24) is 9.80 Å². The van der Waals surface area contributed by atoms with Gasteiger partial charge in [0.15, 0.2) is 0 Å². The SMILES string of the molecule is C[C@H](c1cccc(NC(=O)c2ccccc2)c1)N(C)C(=O)CN1C(=O)c2ccccc2C1=O. The van der Waals surface area contributed by atoms with Crippen molar-refractivity contribution in [1.29, 1.82) is 0 Å². The number of fused-ring (bicyclic) bond motifs is 1. The van der Waals surface area contributed by atoms with E-state index in [1.165, 1.54) is 4.90 Å². The summed E-state index contributed by atoms with van der Waals surface area (Å²) in [7, 11) is 1.63. The van der Waals surface area contributed by atoms with Gasteiger partial charge in [0.2, 0.25) is 5.91 Å². The molecule has 3 aromatic carbocycles. The molecule has 4 amide bonds. The van der Waals surface area contributed by atoms with Crippen molar-refractivity contribution < 1.29 is 19.2 Å². The van der Waals surface area contributed by atoms with Gasteiger partial charge in [-0.3, -0.25) is 24.1 Å². The fraction of sp³-hybridized carbons (Fsp3) is 0.154. The number of anilines is 1. The van der Waals surface area contributed by atoms with Gasteiger partial charge >= 0.3 is 0 Å². The molecule has 7 heteroatoms. The lowest BCUT2D eigenvalue weighted by Crippen LogP contribution is -2.42. The maximum atomic E-state index is 12.9. The first-order valence-electron chi connectivity index (χ1n) is 10.5. The smallest absolute Gasteiger partial charge is 0.262 e. The number of rotatable bonds is 6. The van der Waals surface area contributed by atoms with E-state index in [1.807, 2.05) is 19.1 Å². The number of likely N-dealkylation sites (N-methyl/N-ethyl adjacent to an activating group) is 1. The van der Waals surface area contributed by atoms with E-state index in [1.54, 1.807) is 73.8 Å². The number of nitrogens with zero attached hydrogens (tertiary/aromatic N) is 2. The standard InChI is InChI=1S/C26H23N3O4/c1-17(19-11-8-12-20(15-19)27-24(31)18-9-4-3-5-10-18)28(2)23(30)16-29-25(32)21-13-6-7-14-22(21)26(29)33/h3-15,17H,16H2,1-2H3,(H,27,31)/t17-/m1/s1. The minimum Gasteiger partial charge on any atom is -0.337 e. The Kier molecular flexibility index (Phi) is 6.04. The lowest BCUT2D eigenvalue weighted by molar-refractivity contribution is -0.132. The molecule has 3 aromatic rings. The number of imide groups is 1. The highest BCUT2D eigenvalue weighted by molar-refractivity contribution is 6.22. The van der Waals surface area contributed by atoms with Crippen LogP contribution in [0.5, 0.6) is 0 Å². The van der Waals surface area contributed by atoms with E-state index in [2.05, 4.69) is 5.32 Å². The molecule has 1 atom stereocenters. The molecule has 0 saturated heterocycles. The molecular weight excluding hydrogens is 418 g/mol. The van der Waals surface area contributed by atoms with E-state index in [4.69, 9.17) is 0 Å². The fourth-order valence-electron chi connectivity index (χ4n) is 3.74. The van der Waals surface area contributed by atoms with Crippen LogP contribution in [0.25, 0.3) is 0 Å². The fourth-order valence-corrected chi connectivity index (χ4v) is 3.74. The number of amides is 4. The number of hydrogen-bond acceptors (Lipinski definition) is 4. The molecule has 0 bridgehead atoms. The third-order valence-corrected chi connectivity index (χ3v) is 5.81. The molecule has 1 heterocycles. The molecule has 1 N–H and O–H groups in total. The predicted octanol–water partition coefficient (Wildman–Crippen LogP) is 3.75. The largest absolute Gasteiger partial charge is 0.337 e. The maximum Gasteiger partial charge on any atom is 0.262 e. The van der Waals surface area contributed by atoms with Crippen LogP contribution in [-0.2, 0) is 4.79 Å². The second-order valence-electron chi connectivity index (χ2n) is 7.87. The third kappa shape index (κ3) is 4.39. The molecule has 0 radical (unpaired) electrons. The lowest BCUT2D eigenvalue weighted by Gasteiger charge is -2.27. The van der Waals surface area contributed by atoms with Gasteiger partial charge < -0.3 is 10.2 Å². The van der Waals surface area contributed by atoms with Gasteiger partial charge in [-0.15, -0.1) is 0 Å². The van der Waals surface area contributed by atoms with Crippen LogP contribution >= 0.6 is 0 Å². The zero-order valence-corrected chi connectivity index (χ0v) is 18.3. The Labute approximate surface area is 191 Å². The molecule has 7 nitrogen and oxygen atoms in total. The summed E-state index contributed by atoms with van der Waals surface area (Å²) in [5.41, 5.74) is 2.58. The Morgan fingerprint density at radius 2 is 1.48 bits per heavy atom. The minimum atomic E-state index is -0.462. The second kappa shape index (κ2) is 9.08. The first kappa shape index (κ1) is 22.0. The van der Waals surface area contributed by atoms with Crippen molar-refractivity contribution >= 4 is 29.3 Å². The molecule has 0 fully saturated rings. The Morgan fingerprint density at radius 3 is 2.12 bits per heavy atom. The number of nitrogens with one attached hydrogen (secondary N) is 1. The Hall–Kier alpha value is -4.26. The van der Waals surface area contributed by atoms with Gasteiger partial charge in [-0.25, -0.2) is 0 Å². The van der Waals surface area contributed by atoms with E-state index < -0.39 is 11.8 Å². The predicted molar refractivity (Wildman–Crippen MR) is 124 cm³/mol. The topological polar surface area (TPSA) is 86.8 Å². The van der Waals surface area contributed by atoms with Gasteiger partial charge in [0.05, 0.1) is 17.2 Å². The molecular formula is C26H23N3O4. The van der Waals surface area contributed by atoms with Crippen molar-refractivity contribution in [3.63, 3.8) is 0 Å². The van der Waals surface area contributed by atoms with Gasteiger partial charge in [-0.1, -0.05) is 42.5 Å². The quantitative estimate of drug-likeness (QED) is 0.590. The number of carbonyl (C=O) groups excluding carboxylic acids is 4. The van der Waals surface area contributed by atoms with Gasteiger partial charge in [-0.05, 0) is 48.9 Å². The summed E-state index contributed by atoms with van der Waals surface area (Å²) in [6.07, 6.45) is 0. The van der Waals surface area contributed by atoms with Crippen molar-refractivity contribution in [2.24, 2.45) is 0 Å². The van der Waals surface area contributed by atoms with Gasteiger partial charge in [0, 0.05) is 18.3 Å². The van der Waals surface area contributed by atoms with E-state index in [9.17, 15) is 19.2 Å². The van der Waals surface area contributed by atoms with Crippen LogP contribution in [0.4, 0.5) is 5.69 Å². The number of benzene rings is 3. The molecule has 0 aromatic heterocycles. The summed E-state index contributed by atoms with van der Waals surface area (Å²) in [6.45, 7) is 1.51. The molecule has 1 aliphatic heterocycles. The normalized spacial score (nSPS) is 13.5. The molecule has 0 unspecified atom stereocenters. The van der Waals surface area contributed by atoms with Crippen LogP contribution in [0, 0.1) is 0 Å². The highest BCUT2D eigenvalue weighted by Gasteiger charge is 2.37. The summed E-state index contributed by atoms with van der Waals surface area (Å²) in [5.74, 6) is -1.52. The average Bonchev–Trinajstić information content (AvgIpc) is 3.08. The molecule has 0 saturated carbocycles. The molecule has 0 spiro atoms. The lowest BCUT2D eigenvalue weighted by atomic mass is 10.1. The third-order valence-electron chi connectivity index (χ3n) is 5.81. The van der Waals surface area contributed by atoms with Crippen LogP contribution in [-0.4, -0.2) is 47.0 Å². The van der Waals surface area contributed by atoms with Crippen molar-refractivity contribution in [2.75, 3.05) is 18.9 Å². The number of carbonyl (C=O) groups is 4. The second-order valence-corrected chi connectivity index (χ2v) is 7.87. The molecule has 33 heavy (non-hydrogen) atoms. The zero-order chi connectivity index (χ0) is 23.5. The summed E-state index contributed by atoms with van der Waals surface area (Å²) < 4.78 is 0. The van der Waals surface area contributed by atoms with Gasteiger partial charge in [0.1, 0.15) is 6.54 Å². The van der Waals surface area contributed by atoms with Crippen molar-refractivity contribution in [2.45, 2.75) is 13.0 Å². The van der Waals surface area contributed by atoms with E-state index in [0.29, 0.717) is 22.4 Å². The van der Waals surface area contributed by atoms with Crippen molar-refractivity contribution in [3.05, 3.63) is 101 Å². The van der Waals surface area contributed by atoms with Crippen LogP contribution in [0.1, 0.15) is 49.6 Å². The molecule has 0 aliphatic carbocycles. The van der Waals surface area contributed by atoms with E-state index in [-0.39, 0.29) is 24.4 Å². The highest BCUT2D eigenvalue weighted by Crippen LogP contribution is 2.25. The summed E-state index contributed by atoms with van der Waals surface area (Å²) in [5, 5.41) is 2.86. The van der Waals surface area contributed by atoms with Crippen LogP contribution in [0.2, 0.25) is 0 Å². The van der Waals surface area contributed by atoms with E-state index in [0.717, 1.165) is 10.5 Å². The van der Waals surface area contributed by atoms with Gasteiger partial charge in [0.25, 0.3) is 17.7 Å². The van der Waals surface area contributed by atoms with Crippen LogP contribution in [0.3, 0.4) is 0 Å². The highest BCUT2D eigenvalue weighted by atomic mass is 16.2. The zero-order valence-electron chi connectivity index (χ0n) is 18.3. The van der Waals surface area contributed by atoms with Gasteiger partial charge in [-0.2, -0.15) is 0 Å².